The van der Waals surface area contributed by atoms with Crippen molar-refractivity contribution in [3.63, 3.8) is 0 Å². The molecule has 0 fully saturated rings. The lowest BCUT2D eigenvalue weighted by Crippen LogP contribution is -2.13. The molecule has 0 spiro atoms. The van der Waals surface area contributed by atoms with Crippen LogP contribution in [0.3, 0.4) is 0 Å². The molecule has 0 aliphatic heterocycles. The number of hydrogen-bond acceptors (Lipinski definition) is 3. The Morgan fingerprint density at radius 2 is 2.31 bits per heavy atom. The summed E-state index contributed by atoms with van der Waals surface area (Å²) in [4.78, 5) is 0. The zero-order chi connectivity index (χ0) is 11.5. The average molecular weight is 237 g/mol. The van der Waals surface area contributed by atoms with Crippen LogP contribution < -0.4 is 5.73 Å². The van der Waals surface area contributed by atoms with E-state index in [1.165, 1.54) is 0 Å². The first-order valence-corrected chi connectivity index (χ1v) is 5.39. The summed E-state index contributed by atoms with van der Waals surface area (Å²) < 4.78 is 1.67. The van der Waals surface area contributed by atoms with Crippen LogP contribution in [0.2, 0.25) is 5.02 Å². The van der Waals surface area contributed by atoms with Gasteiger partial charge in [-0.15, -0.1) is 5.10 Å². The van der Waals surface area contributed by atoms with E-state index in [-0.39, 0.29) is 6.04 Å². The molecule has 1 atom stereocenters. The van der Waals surface area contributed by atoms with Crippen molar-refractivity contribution in [1.82, 2.24) is 15.0 Å². The summed E-state index contributed by atoms with van der Waals surface area (Å²) in [6.45, 7) is 0. The second-order valence-corrected chi connectivity index (χ2v) is 4.19. The second kappa shape index (κ2) is 4.63. The molecule has 1 aromatic heterocycles. The molecule has 0 bridgehead atoms. The molecule has 2 N–H and O–H groups in total. The summed E-state index contributed by atoms with van der Waals surface area (Å²) in [5.41, 5.74) is 7.97. The molecular formula is C11H13ClN4. The van der Waals surface area contributed by atoms with Crippen LogP contribution in [-0.4, -0.2) is 15.0 Å². The van der Waals surface area contributed by atoms with Gasteiger partial charge >= 0.3 is 0 Å². The Balaban J connectivity index is 2.11. The van der Waals surface area contributed by atoms with Crippen molar-refractivity contribution in [2.24, 2.45) is 12.8 Å². The Kier molecular flexibility index (Phi) is 3.22. The molecule has 84 valence electrons. The van der Waals surface area contributed by atoms with Crippen LogP contribution in [-0.2, 0) is 13.5 Å². The lowest BCUT2D eigenvalue weighted by atomic mass is 10.0. The van der Waals surface area contributed by atoms with Gasteiger partial charge in [-0.05, 0) is 17.7 Å². The van der Waals surface area contributed by atoms with Crippen LogP contribution in [0.15, 0.2) is 30.5 Å². The number of aromatic nitrogens is 3. The molecule has 2 aromatic rings. The zero-order valence-corrected chi connectivity index (χ0v) is 9.72. The Bertz CT molecular complexity index is 480. The third kappa shape index (κ3) is 2.59. The molecule has 0 saturated heterocycles. The van der Waals surface area contributed by atoms with Gasteiger partial charge < -0.3 is 5.73 Å². The molecule has 16 heavy (non-hydrogen) atoms. The SMILES string of the molecule is Cn1cc(CC(N)c2cccc(Cl)c2)nn1. The molecule has 0 aliphatic carbocycles. The number of hydrogen-bond donors (Lipinski definition) is 1. The Hall–Kier alpha value is -1.39. The molecule has 0 aliphatic rings. The van der Waals surface area contributed by atoms with Crippen molar-refractivity contribution in [2.75, 3.05) is 0 Å². The zero-order valence-electron chi connectivity index (χ0n) is 8.97. The van der Waals surface area contributed by atoms with Gasteiger partial charge in [0.1, 0.15) is 0 Å². The third-order valence-corrected chi connectivity index (χ3v) is 2.59. The topological polar surface area (TPSA) is 56.7 Å². The van der Waals surface area contributed by atoms with E-state index in [9.17, 15) is 0 Å². The van der Waals surface area contributed by atoms with Crippen LogP contribution in [0.1, 0.15) is 17.3 Å². The van der Waals surface area contributed by atoms with E-state index in [1.54, 1.807) is 4.68 Å². The van der Waals surface area contributed by atoms with Crippen molar-refractivity contribution in [3.8, 4) is 0 Å². The molecule has 1 aromatic carbocycles. The first-order chi connectivity index (χ1) is 7.65. The van der Waals surface area contributed by atoms with Crippen LogP contribution in [0.4, 0.5) is 0 Å². The summed E-state index contributed by atoms with van der Waals surface area (Å²) in [5.74, 6) is 0. The highest BCUT2D eigenvalue weighted by molar-refractivity contribution is 6.30. The van der Waals surface area contributed by atoms with E-state index in [0.29, 0.717) is 11.4 Å². The van der Waals surface area contributed by atoms with Crippen LogP contribution in [0.25, 0.3) is 0 Å². The van der Waals surface area contributed by atoms with Crippen molar-refractivity contribution in [1.29, 1.82) is 0 Å². The van der Waals surface area contributed by atoms with Crippen molar-refractivity contribution < 1.29 is 0 Å². The van der Waals surface area contributed by atoms with Gasteiger partial charge in [0.25, 0.3) is 0 Å². The quantitative estimate of drug-likeness (QED) is 0.883. The number of aryl methyl sites for hydroxylation is 1. The van der Waals surface area contributed by atoms with Gasteiger partial charge in [-0.3, -0.25) is 4.68 Å². The van der Waals surface area contributed by atoms with Gasteiger partial charge in [0.15, 0.2) is 0 Å². The fourth-order valence-corrected chi connectivity index (χ4v) is 1.77. The molecular weight excluding hydrogens is 224 g/mol. The smallest absolute Gasteiger partial charge is 0.0845 e. The van der Waals surface area contributed by atoms with E-state index in [1.807, 2.05) is 37.5 Å². The first kappa shape index (κ1) is 11.1. The highest BCUT2D eigenvalue weighted by atomic mass is 35.5. The summed E-state index contributed by atoms with van der Waals surface area (Å²) in [6.07, 6.45) is 2.53. The fraction of sp³-hybridized carbons (Fsp3) is 0.273. The summed E-state index contributed by atoms with van der Waals surface area (Å²) in [7, 11) is 1.83. The molecule has 0 radical (unpaired) electrons. The number of nitrogens with two attached hydrogens (primary N) is 1. The minimum Gasteiger partial charge on any atom is -0.324 e. The summed E-state index contributed by atoms with van der Waals surface area (Å²) in [5, 5.41) is 8.57. The van der Waals surface area contributed by atoms with Crippen molar-refractivity contribution in [3.05, 3.63) is 46.7 Å². The highest BCUT2D eigenvalue weighted by Gasteiger charge is 2.09. The molecule has 1 heterocycles. The third-order valence-electron chi connectivity index (χ3n) is 2.36. The second-order valence-electron chi connectivity index (χ2n) is 3.75. The standard InChI is InChI=1S/C11H13ClN4/c1-16-7-10(14-15-16)6-11(13)8-3-2-4-9(12)5-8/h2-5,7,11H,6,13H2,1H3. The van der Waals surface area contributed by atoms with E-state index in [2.05, 4.69) is 10.3 Å². The molecule has 0 amide bonds. The fourth-order valence-electron chi connectivity index (χ4n) is 1.57. The van der Waals surface area contributed by atoms with E-state index in [0.717, 1.165) is 11.3 Å². The molecule has 5 heteroatoms. The summed E-state index contributed by atoms with van der Waals surface area (Å²) >= 11 is 5.91. The first-order valence-electron chi connectivity index (χ1n) is 5.01. The van der Waals surface area contributed by atoms with E-state index < -0.39 is 0 Å². The van der Waals surface area contributed by atoms with E-state index >= 15 is 0 Å². The monoisotopic (exact) mass is 236 g/mol. The van der Waals surface area contributed by atoms with Crippen LogP contribution in [0.5, 0.6) is 0 Å². The molecule has 2 rings (SSSR count). The van der Waals surface area contributed by atoms with Gasteiger partial charge in [0.2, 0.25) is 0 Å². The van der Waals surface area contributed by atoms with Gasteiger partial charge in [-0.25, -0.2) is 0 Å². The van der Waals surface area contributed by atoms with Gasteiger partial charge in [-0.1, -0.05) is 28.9 Å². The Labute approximate surface area is 99.0 Å². The Morgan fingerprint density at radius 3 is 2.94 bits per heavy atom. The predicted octanol–water partition coefficient (Wildman–Crippen LogP) is 1.71. The maximum absolute atomic E-state index is 6.07. The van der Waals surface area contributed by atoms with Crippen molar-refractivity contribution in [2.45, 2.75) is 12.5 Å². The van der Waals surface area contributed by atoms with Crippen LogP contribution >= 0.6 is 11.6 Å². The number of benzene rings is 1. The lowest BCUT2D eigenvalue weighted by molar-refractivity contribution is 0.694. The van der Waals surface area contributed by atoms with Gasteiger partial charge in [0.05, 0.1) is 5.69 Å². The number of nitrogens with zero attached hydrogens (tertiary/aromatic N) is 3. The minimum absolute atomic E-state index is 0.101. The highest BCUT2D eigenvalue weighted by Crippen LogP contribution is 2.18. The number of rotatable bonds is 3. The maximum Gasteiger partial charge on any atom is 0.0845 e. The molecule has 0 saturated carbocycles. The minimum atomic E-state index is -0.101. The molecule has 4 nitrogen and oxygen atoms in total. The predicted molar refractivity (Wildman–Crippen MR) is 63.1 cm³/mol. The Morgan fingerprint density at radius 1 is 1.50 bits per heavy atom. The van der Waals surface area contributed by atoms with Crippen LogP contribution in [0, 0.1) is 0 Å². The van der Waals surface area contributed by atoms with Gasteiger partial charge in [-0.2, -0.15) is 0 Å². The normalized spacial score (nSPS) is 12.7. The average Bonchev–Trinajstić information content (AvgIpc) is 2.64. The number of halogens is 1. The van der Waals surface area contributed by atoms with Crippen molar-refractivity contribution >= 4 is 11.6 Å². The largest absolute Gasteiger partial charge is 0.324 e. The molecule has 1 unspecified atom stereocenters. The lowest BCUT2D eigenvalue weighted by Gasteiger charge is -2.10. The summed E-state index contributed by atoms with van der Waals surface area (Å²) in [6, 6.07) is 7.47. The maximum atomic E-state index is 6.07. The van der Waals surface area contributed by atoms with Gasteiger partial charge in [0, 0.05) is 30.7 Å². The van der Waals surface area contributed by atoms with E-state index in [4.69, 9.17) is 17.3 Å².